The van der Waals surface area contributed by atoms with Crippen molar-refractivity contribution >= 4 is 5.91 Å². The van der Waals surface area contributed by atoms with E-state index in [1.807, 2.05) is 0 Å². The molecule has 0 aliphatic heterocycles. The molecule has 1 saturated carbocycles. The van der Waals surface area contributed by atoms with Crippen LogP contribution in [0.15, 0.2) is 24.3 Å². The SMILES string of the molecule is C[C@H](NC(=O)C[C@](C)(O)C1(F)CC1)c1cccc(OC(F)(F)F)c1. The molecule has 1 aliphatic rings. The highest BCUT2D eigenvalue weighted by Gasteiger charge is 2.58. The average Bonchev–Trinajstić information content (AvgIpc) is 3.16. The minimum atomic E-state index is -4.80. The second-order valence-corrected chi connectivity index (χ2v) is 6.33. The molecule has 8 heteroatoms. The molecule has 1 amide bonds. The third-order valence-electron chi connectivity index (χ3n) is 4.13. The van der Waals surface area contributed by atoms with Gasteiger partial charge in [-0.15, -0.1) is 13.2 Å². The summed E-state index contributed by atoms with van der Waals surface area (Å²) in [5.41, 5.74) is -3.11. The Balaban J connectivity index is 1.98. The molecule has 2 rings (SSSR count). The molecule has 2 atom stereocenters. The summed E-state index contributed by atoms with van der Waals surface area (Å²) >= 11 is 0. The van der Waals surface area contributed by atoms with Gasteiger partial charge in [-0.25, -0.2) is 4.39 Å². The van der Waals surface area contributed by atoms with Gasteiger partial charge in [-0.05, 0) is 44.4 Å². The molecule has 0 radical (unpaired) electrons. The molecule has 0 heterocycles. The number of nitrogens with one attached hydrogen (secondary N) is 1. The number of rotatable bonds is 6. The van der Waals surface area contributed by atoms with Crippen molar-refractivity contribution in [2.45, 2.75) is 56.8 Å². The van der Waals surface area contributed by atoms with Gasteiger partial charge >= 0.3 is 6.36 Å². The molecular formula is C16H19F4NO3. The Labute approximate surface area is 136 Å². The third kappa shape index (κ3) is 4.59. The number of alkyl halides is 4. The van der Waals surface area contributed by atoms with Gasteiger partial charge in [0, 0.05) is 0 Å². The quantitative estimate of drug-likeness (QED) is 0.774. The van der Waals surface area contributed by atoms with Crippen LogP contribution in [0.1, 0.15) is 44.7 Å². The van der Waals surface area contributed by atoms with Crippen LogP contribution in [0.3, 0.4) is 0 Å². The van der Waals surface area contributed by atoms with Crippen LogP contribution >= 0.6 is 0 Å². The highest BCUT2D eigenvalue weighted by atomic mass is 19.4. The lowest BCUT2D eigenvalue weighted by Gasteiger charge is -2.27. The number of halogens is 4. The van der Waals surface area contributed by atoms with Gasteiger partial charge in [-0.1, -0.05) is 12.1 Å². The monoisotopic (exact) mass is 349 g/mol. The van der Waals surface area contributed by atoms with Gasteiger partial charge in [0.15, 0.2) is 0 Å². The normalized spacial score (nSPS) is 20.0. The molecule has 0 bridgehead atoms. The van der Waals surface area contributed by atoms with Gasteiger partial charge in [0.05, 0.1) is 12.5 Å². The van der Waals surface area contributed by atoms with Gasteiger partial charge in [-0.2, -0.15) is 0 Å². The Hall–Kier alpha value is -1.83. The topological polar surface area (TPSA) is 58.6 Å². The summed E-state index contributed by atoms with van der Waals surface area (Å²) in [6.45, 7) is 2.84. The van der Waals surface area contributed by atoms with Crippen molar-refractivity contribution in [3.05, 3.63) is 29.8 Å². The number of carbonyl (C=O) groups is 1. The van der Waals surface area contributed by atoms with E-state index in [-0.39, 0.29) is 12.8 Å². The van der Waals surface area contributed by atoms with Crippen molar-refractivity contribution in [3.63, 3.8) is 0 Å². The molecule has 0 aromatic heterocycles. The van der Waals surface area contributed by atoms with E-state index in [1.54, 1.807) is 6.92 Å². The fourth-order valence-corrected chi connectivity index (χ4v) is 2.48. The summed E-state index contributed by atoms with van der Waals surface area (Å²) < 4.78 is 54.5. The average molecular weight is 349 g/mol. The molecule has 1 aromatic carbocycles. The number of carbonyl (C=O) groups excluding carboxylic acids is 1. The van der Waals surface area contributed by atoms with E-state index in [0.29, 0.717) is 5.56 Å². The maximum Gasteiger partial charge on any atom is 0.573 e. The highest BCUT2D eigenvalue weighted by molar-refractivity contribution is 5.77. The summed E-state index contributed by atoms with van der Waals surface area (Å²) in [5, 5.41) is 12.6. The number of hydrogen-bond donors (Lipinski definition) is 2. The Kier molecular flexibility index (Phi) is 4.81. The first-order chi connectivity index (χ1) is 10.9. The first-order valence-electron chi connectivity index (χ1n) is 7.48. The van der Waals surface area contributed by atoms with Crippen LogP contribution < -0.4 is 10.1 Å². The molecule has 1 fully saturated rings. The summed E-state index contributed by atoms with van der Waals surface area (Å²) in [5.74, 6) is -0.979. The van der Waals surface area contributed by atoms with E-state index < -0.39 is 41.8 Å². The lowest BCUT2D eigenvalue weighted by Crippen LogP contribution is -2.43. The van der Waals surface area contributed by atoms with Gasteiger partial charge in [-0.3, -0.25) is 4.79 Å². The predicted molar refractivity (Wildman–Crippen MR) is 78.0 cm³/mol. The van der Waals surface area contributed by atoms with Crippen LogP contribution in [0.2, 0.25) is 0 Å². The zero-order valence-electron chi connectivity index (χ0n) is 13.3. The molecule has 24 heavy (non-hydrogen) atoms. The van der Waals surface area contributed by atoms with Crippen molar-refractivity contribution in [3.8, 4) is 5.75 Å². The van der Waals surface area contributed by atoms with Crippen LogP contribution in [0.25, 0.3) is 0 Å². The van der Waals surface area contributed by atoms with E-state index in [9.17, 15) is 27.5 Å². The molecule has 1 aliphatic carbocycles. The lowest BCUT2D eigenvalue weighted by molar-refractivity contribution is -0.274. The van der Waals surface area contributed by atoms with Crippen LogP contribution in [-0.4, -0.2) is 28.6 Å². The summed E-state index contributed by atoms with van der Waals surface area (Å²) in [6.07, 6.45) is -4.81. The van der Waals surface area contributed by atoms with E-state index >= 15 is 0 Å². The van der Waals surface area contributed by atoms with Gasteiger partial charge in [0.2, 0.25) is 5.91 Å². The molecule has 0 unspecified atom stereocenters. The minimum Gasteiger partial charge on any atom is -0.406 e. The largest absolute Gasteiger partial charge is 0.573 e. The second kappa shape index (κ2) is 6.23. The standard InChI is InChI=1S/C16H19F4NO3/c1-10(11-4-3-5-12(8-11)24-16(18,19)20)21-13(22)9-14(2,23)15(17)6-7-15/h3-5,8,10,23H,6-7,9H2,1-2H3,(H,21,22)/t10-,14-/m0/s1. The van der Waals surface area contributed by atoms with E-state index in [1.165, 1.54) is 19.1 Å². The smallest absolute Gasteiger partial charge is 0.406 e. The first-order valence-corrected chi connectivity index (χ1v) is 7.48. The molecular weight excluding hydrogens is 330 g/mol. The maximum absolute atomic E-state index is 14.0. The number of ether oxygens (including phenoxy) is 1. The molecule has 0 saturated heterocycles. The zero-order chi connectivity index (χ0) is 18.2. The van der Waals surface area contributed by atoms with Crippen molar-refractivity contribution in [2.24, 2.45) is 0 Å². The third-order valence-corrected chi connectivity index (χ3v) is 4.13. The molecule has 1 aromatic rings. The lowest BCUT2D eigenvalue weighted by atomic mass is 9.93. The van der Waals surface area contributed by atoms with Crippen LogP contribution in [0, 0.1) is 0 Å². The van der Waals surface area contributed by atoms with Crippen molar-refractivity contribution in [2.75, 3.05) is 0 Å². The molecule has 2 N–H and O–H groups in total. The fraction of sp³-hybridized carbons (Fsp3) is 0.562. The van der Waals surface area contributed by atoms with Crippen molar-refractivity contribution < 1.29 is 32.2 Å². The Bertz CT molecular complexity index is 612. The first kappa shape index (κ1) is 18.5. The zero-order valence-corrected chi connectivity index (χ0v) is 13.3. The molecule has 4 nitrogen and oxygen atoms in total. The van der Waals surface area contributed by atoms with E-state index in [2.05, 4.69) is 10.1 Å². The second-order valence-electron chi connectivity index (χ2n) is 6.33. The molecule has 0 spiro atoms. The maximum atomic E-state index is 14.0. The number of amides is 1. The highest BCUT2D eigenvalue weighted by Crippen LogP contribution is 2.49. The molecule has 134 valence electrons. The Morgan fingerprint density at radius 1 is 1.42 bits per heavy atom. The minimum absolute atomic E-state index is 0.208. The van der Waals surface area contributed by atoms with Crippen molar-refractivity contribution in [1.82, 2.24) is 5.32 Å². The van der Waals surface area contributed by atoms with E-state index in [4.69, 9.17) is 0 Å². The Morgan fingerprint density at radius 2 is 2.04 bits per heavy atom. The fourth-order valence-electron chi connectivity index (χ4n) is 2.48. The number of benzene rings is 1. The van der Waals surface area contributed by atoms with Crippen LogP contribution in [0.5, 0.6) is 5.75 Å². The van der Waals surface area contributed by atoms with Crippen molar-refractivity contribution in [1.29, 1.82) is 0 Å². The summed E-state index contributed by atoms with van der Waals surface area (Å²) in [7, 11) is 0. The van der Waals surface area contributed by atoms with E-state index in [0.717, 1.165) is 12.1 Å². The number of aliphatic hydroxyl groups is 1. The van der Waals surface area contributed by atoms with Gasteiger partial charge in [0.1, 0.15) is 17.0 Å². The predicted octanol–water partition coefficient (Wildman–Crippen LogP) is 3.41. The Morgan fingerprint density at radius 3 is 2.58 bits per heavy atom. The summed E-state index contributed by atoms with van der Waals surface area (Å²) in [4.78, 5) is 12.0. The number of hydrogen-bond acceptors (Lipinski definition) is 3. The van der Waals surface area contributed by atoms with Gasteiger partial charge < -0.3 is 15.2 Å². The summed E-state index contributed by atoms with van der Waals surface area (Å²) in [6, 6.07) is 4.59. The van der Waals surface area contributed by atoms with Crippen LogP contribution in [-0.2, 0) is 4.79 Å². The van der Waals surface area contributed by atoms with Crippen LogP contribution in [0.4, 0.5) is 17.6 Å². The van der Waals surface area contributed by atoms with Gasteiger partial charge in [0.25, 0.3) is 0 Å².